The SMILES string of the molecule is ClCc1ccc(OC2CC2)cn1. The molecule has 1 aliphatic rings. The third-order valence-corrected chi connectivity index (χ3v) is 2.04. The van der Waals surface area contributed by atoms with Crippen LogP contribution in [-0.2, 0) is 5.88 Å². The molecule has 0 bridgehead atoms. The minimum atomic E-state index is 0.439. The maximum Gasteiger partial charge on any atom is 0.138 e. The summed E-state index contributed by atoms with van der Waals surface area (Å²) < 4.78 is 5.52. The molecular formula is C9H10ClNO. The fraction of sp³-hybridized carbons (Fsp3) is 0.444. The highest BCUT2D eigenvalue weighted by Crippen LogP contribution is 2.26. The summed E-state index contributed by atoms with van der Waals surface area (Å²) in [5.41, 5.74) is 0.889. The Hall–Kier alpha value is -0.760. The monoisotopic (exact) mass is 183 g/mol. The highest BCUT2D eigenvalue weighted by Gasteiger charge is 2.23. The molecule has 1 fully saturated rings. The largest absolute Gasteiger partial charge is 0.489 e. The highest BCUT2D eigenvalue weighted by atomic mass is 35.5. The van der Waals surface area contributed by atoms with E-state index in [0.717, 1.165) is 11.4 Å². The number of ether oxygens (including phenoxy) is 1. The third kappa shape index (κ3) is 1.89. The first-order chi connectivity index (χ1) is 5.88. The summed E-state index contributed by atoms with van der Waals surface area (Å²) in [6, 6.07) is 3.81. The molecule has 1 aromatic heterocycles. The Morgan fingerprint density at radius 1 is 1.50 bits per heavy atom. The van der Waals surface area contributed by atoms with E-state index >= 15 is 0 Å². The third-order valence-electron chi connectivity index (χ3n) is 1.76. The van der Waals surface area contributed by atoms with Gasteiger partial charge in [0.1, 0.15) is 5.75 Å². The van der Waals surface area contributed by atoms with Gasteiger partial charge in [0, 0.05) is 0 Å². The van der Waals surface area contributed by atoms with Gasteiger partial charge < -0.3 is 4.74 Å². The van der Waals surface area contributed by atoms with Crippen molar-refractivity contribution in [1.82, 2.24) is 4.98 Å². The molecule has 3 heteroatoms. The van der Waals surface area contributed by atoms with Crippen LogP contribution in [0.2, 0.25) is 0 Å². The molecule has 0 N–H and O–H groups in total. The Bertz CT molecular complexity index is 256. The van der Waals surface area contributed by atoms with Gasteiger partial charge >= 0.3 is 0 Å². The summed E-state index contributed by atoms with van der Waals surface area (Å²) in [5, 5.41) is 0. The summed E-state index contributed by atoms with van der Waals surface area (Å²) in [6.07, 6.45) is 4.53. The highest BCUT2D eigenvalue weighted by molar-refractivity contribution is 6.16. The number of hydrogen-bond donors (Lipinski definition) is 0. The van der Waals surface area contributed by atoms with Crippen molar-refractivity contribution in [1.29, 1.82) is 0 Å². The zero-order valence-electron chi connectivity index (χ0n) is 6.66. The van der Waals surface area contributed by atoms with E-state index in [1.165, 1.54) is 12.8 Å². The van der Waals surface area contributed by atoms with Gasteiger partial charge in [-0.1, -0.05) is 0 Å². The van der Waals surface area contributed by atoms with Gasteiger partial charge in [0.25, 0.3) is 0 Å². The molecule has 12 heavy (non-hydrogen) atoms. The van der Waals surface area contributed by atoms with Gasteiger partial charge in [-0.05, 0) is 25.0 Å². The number of rotatable bonds is 3. The summed E-state index contributed by atoms with van der Waals surface area (Å²) >= 11 is 5.59. The van der Waals surface area contributed by atoms with Crippen LogP contribution in [0.5, 0.6) is 5.75 Å². The van der Waals surface area contributed by atoms with Gasteiger partial charge in [0.2, 0.25) is 0 Å². The van der Waals surface area contributed by atoms with E-state index in [0.29, 0.717) is 12.0 Å². The Kier molecular flexibility index (Phi) is 2.17. The fourth-order valence-corrected chi connectivity index (χ4v) is 1.10. The second kappa shape index (κ2) is 3.31. The minimum absolute atomic E-state index is 0.439. The fourth-order valence-electron chi connectivity index (χ4n) is 0.938. The van der Waals surface area contributed by atoms with Crippen LogP contribution >= 0.6 is 11.6 Å². The van der Waals surface area contributed by atoms with Crippen LogP contribution in [-0.4, -0.2) is 11.1 Å². The van der Waals surface area contributed by atoms with E-state index in [2.05, 4.69) is 4.98 Å². The predicted octanol–water partition coefficient (Wildman–Crippen LogP) is 2.36. The first-order valence-corrected chi connectivity index (χ1v) is 4.59. The molecule has 2 rings (SSSR count). The molecule has 1 heterocycles. The Balaban J connectivity index is 2.02. The Labute approximate surface area is 76.5 Å². The van der Waals surface area contributed by atoms with Gasteiger partial charge in [0.15, 0.2) is 0 Å². The molecule has 0 aliphatic heterocycles. The molecule has 1 aromatic rings. The quantitative estimate of drug-likeness (QED) is 0.672. The van der Waals surface area contributed by atoms with Crippen molar-refractivity contribution in [3.63, 3.8) is 0 Å². The molecule has 2 nitrogen and oxygen atoms in total. The smallest absolute Gasteiger partial charge is 0.138 e. The van der Waals surface area contributed by atoms with E-state index in [4.69, 9.17) is 16.3 Å². The van der Waals surface area contributed by atoms with Crippen molar-refractivity contribution in [3.8, 4) is 5.75 Å². The Morgan fingerprint density at radius 3 is 2.83 bits per heavy atom. The summed E-state index contributed by atoms with van der Waals surface area (Å²) in [4.78, 5) is 4.12. The van der Waals surface area contributed by atoms with E-state index in [9.17, 15) is 0 Å². The van der Waals surface area contributed by atoms with Crippen molar-refractivity contribution >= 4 is 11.6 Å². The Morgan fingerprint density at radius 2 is 2.33 bits per heavy atom. The lowest BCUT2D eigenvalue weighted by atomic mass is 10.4. The van der Waals surface area contributed by atoms with Crippen LogP contribution in [0.1, 0.15) is 18.5 Å². The van der Waals surface area contributed by atoms with E-state index < -0.39 is 0 Å². The molecule has 0 saturated heterocycles. The molecule has 64 valence electrons. The number of nitrogens with zero attached hydrogens (tertiary/aromatic N) is 1. The van der Waals surface area contributed by atoms with Crippen LogP contribution in [0.4, 0.5) is 0 Å². The summed E-state index contributed by atoms with van der Waals surface area (Å²) in [7, 11) is 0. The number of alkyl halides is 1. The second-order valence-electron chi connectivity index (χ2n) is 2.94. The molecule has 0 unspecified atom stereocenters. The van der Waals surface area contributed by atoms with Crippen molar-refractivity contribution in [3.05, 3.63) is 24.0 Å². The van der Waals surface area contributed by atoms with Gasteiger partial charge in [-0.15, -0.1) is 11.6 Å². The van der Waals surface area contributed by atoms with Crippen LogP contribution in [0, 0.1) is 0 Å². The van der Waals surface area contributed by atoms with Gasteiger partial charge in [-0.3, -0.25) is 4.98 Å². The minimum Gasteiger partial charge on any atom is -0.489 e. The van der Waals surface area contributed by atoms with Crippen molar-refractivity contribution in [2.45, 2.75) is 24.8 Å². The average Bonchev–Trinajstić information content (AvgIpc) is 2.90. The first kappa shape index (κ1) is 7.87. The van der Waals surface area contributed by atoms with E-state index in [-0.39, 0.29) is 0 Å². The maximum absolute atomic E-state index is 5.59. The van der Waals surface area contributed by atoms with Crippen molar-refractivity contribution in [2.75, 3.05) is 0 Å². The lowest BCUT2D eigenvalue weighted by molar-refractivity contribution is 0.302. The van der Waals surface area contributed by atoms with Crippen molar-refractivity contribution < 1.29 is 4.74 Å². The average molecular weight is 184 g/mol. The molecule has 0 atom stereocenters. The molecule has 1 aliphatic carbocycles. The second-order valence-corrected chi connectivity index (χ2v) is 3.20. The molecule has 1 saturated carbocycles. The van der Waals surface area contributed by atoms with Gasteiger partial charge in [-0.25, -0.2) is 0 Å². The van der Waals surface area contributed by atoms with Gasteiger partial charge in [-0.2, -0.15) is 0 Å². The molecular weight excluding hydrogens is 174 g/mol. The standard InChI is InChI=1S/C9H10ClNO/c10-5-7-1-2-9(6-11-7)12-8-3-4-8/h1-2,6,8H,3-5H2. The predicted molar refractivity (Wildman–Crippen MR) is 47.4 cm³/mol. The number of halogens is 1. The van der Waals surface area contributed by atoms with Crippen LogP contribution < -0.4 is 4.74 Å². The van der Waals surface area contributed by atoms with Crippen molar-refractivity contribution in [2.24, 2.45) is 0 Å². The summed E-state index contributed by atoms with van der Waals surface area (Å²) in [5.74, 6) is 1.32. The molecule has 0 amide bonds. The molecule has 0 radical (unpaired) electrons. The lowest BCUT2D eigenvalue weighted by Gasteiger charge is -2.02. The van der Waals surface area contributed by atoms with E-state index in [1.54, 1.807) is 6.20 Å². The van der Waals surface area contributed by atoms with Crippen LogP contribution in [0.15, 0.2) is 18.3 Å². The number of pyridine rings is 1. The zero-order valence-corrected chi connectivity index (χ0v) is 7.42. The van der Waals surface area contributed by atoms with E-state index in [1.807, 2.05) is 12.1 Å². The summed E-state index contributed by atoms with van der Waals surface area (Å²) in [6.45, 7) is 0. The normalized spacial score (nSPS) is 16.1. The van der Waals surface area contributed by atoms with Crippen LogP contribution in [0.25, 0.3) is 0 Å². The zero-order chi connectivity index (χ0) is 8.39. The van der Waals surface area contributed by atoms with Gasteiger partial charge in [0.05, 0.1) is 23.9 Å². The topological polar surface area (TPSA) is 22.1 Å². The lowest BCUT2D eigenvalue weighted by Crippen LogP contribution is -1.96. The number of hydrogen-bond acceptors (Lipinski definition) is 2. The van der Waals surface area contributed by atoms with Crippen LogP contribution in [0.3, 0.4) is 0 Å². The first-order valence-electron chi connectivity index (χ1n) is 4.06. The molecule has 0 aromatic carbocycles. The maximum atomic E-state index is 5.59. The molecule has 0 spiro atoms. The number of aromatic nitrogens is 1.